The topological polar surface area (TPSA) is 45.2 Å². The Morgan fingerprint density at radius 2 is 1.81 bits per heavy atom. The van der Waals surface area contributed by atoms with E-state index in [2.05, 4.69) is 21.9 Å². The zero-order chi connectivity index (χ0) is 18.2. The molecule has 2 saturated heterocycles. The number of β-amino-alcohol motifs (C(OH)–C–C–N with tert-alkyl or cyclic N) is 1. The highest BCUT2D eigenvalue weighted by molar-refractivity contribution is 7.99. The highest BCUT2D eigenvalue weighted by atomic mass is 32.2. The number of likely N-dealkylation sites (tertiary alicyclic amines) is 1. The van der Waals surface area contributed by atoms with E-state index in [1.165, 1.54) is 37.9 Å². The highest BCUT2D eigenvalue weighted by Gasteiger charge is 2.17. The molecule has 0 radical (unpaired) electrons. The molecule has 2 heterocycles. The van der Waals surface area contributed by atoms with Crippen LogP contribution in [0.5, 0.6) is 11.5 Å². The Morgan fingerprint density at radius 3 is 2.54 bits per heavy atom. The number of hydrogen-bond donors (Lipinski definition) is 1. The lowest BCUT2D eigenvalue weighted by molar-refractivity contribution is 0.0704. The van der Waals surface area contributed by atoms with Gasteiger partial charge in [0.1, 0.15) is 12.7 Å². The van der Waals surface area contributed by atoms with Crippen molar-refractivity contribution in [2.45, 2.75) is 31.9 Å². The summed E-state index contributed by atoms with van der Waals surface area (Å²) >= 11 is 1.98. The zero-order valence-corrected chi connectivity index (χ0v) is 16.7. The van der Waals surface area contributed by atoms with E-state index >= 15 is 0 Å². The van der Waals surface area contributed by atoms with E-state index in [1.54, 1.807) is 7.11 Å². The van der Waals surface area contributed by atoms with Gasteiger partial charge >= 0.3 is 0 Å². The molecule has 0 spiro atoms. The molecule has 146 valence electrons. The lowest BCUT2D eigenvalue weighted by atomic mass is 10.1. The van der Waals surface area contributed by atoms with E-state index in [-0.39, 0.29) is 0 Å². The number of rotatable bonds is 8. The van der Waals surface area contributed by atoms with Crippen LogP contribution in [0, 0.1) is 0 Å². The first-order valence-corrected chi connectivity index (χ1v) is 10.9. The predicted octanol–water partition coefficient (Wildman–Crippen LogP) is 2.47. The van der Waals surface area contributed by atoms with Crippen molar-refractivity contribution in [3.8, 4) is 11.5 Å². The van der Waals surface area contributed by atoms with E-state index in [4.69, 9.17) is 9.47 Å². The van der Waals surface area contributed by atoms with E-state index in [1.807, 2.05) is 17.8 Å². The maximum Gasteiger partial charge on any atom is 0.161 e. The fraction of sp³-hybridized carbons (Fsp3) is 0.700. The fourth-order valence-electron chi connectivity index (χ4n) is 3.63. The van der Waals surface area contributed by atoms with E-state index in [0.29, 0.717) is 18.9 Å². The molecule has 0 bridgehead atoms. The van der Waals surface area contributed by atoms with Gasteiger partial charge in [0.05, 0.1) is 7.11 Å². The van der Waals surface area contributed by atoms with Crippen LogP contribution >= 0.6 is 11.8 Å². The maximum atomic E-state index is 10.3. The van der Waals surface area contributed by atoms with Gasteiger partial charge in [-0.05, 0) is 43.6 Å². The smallest absolute Gasteiger partial charge is 0.161 e. The van der Waals surface area contributed by atoms with Gasteiger partial charge in [-0.15, -0.1) is 0 Å². The third kappa shape index (κ3) is 6.05. The summed E-state index contributed by atoms with van der Waals surface area (Å²) < 4.78 is 11.4. The molecule has 1 unspecified atom stereocenters. The van der Waals surface area contributed by atoms with E-state index in [9.17, 15) is 5.11 Å². The zero-order valence-electron chi connectivity index (χ0n) is 15.9. The Morgan fingerprint density at radius 1 is 1.04 bits per heavy atom. The van der Waals surface area contributed by atoms with Gasteiger partial charge in [-0.1, -0.05) is 12.5 Å². The van der Waals surface area contributed by atoms with Crippen molar-refractivity contribution in [2.24, 2.45) is 0 Å². The van der Waals surface area contributed by atoms with Crippen molar-refractivity contribution in [3.05, 3.63) is 23.8 Å². The first-order valence-electron chi connectivity index (χ1n) is 9.75. The molecule has 26 heavy (non-hydrogen) atoms. The normalized spacial score (nSPS) is 20.7. The molecule has 0 aromatic heterocycles. The van der Waals surface area contributed by atoms with Gasteiger partial charge in [0, 0.05) is 37.7 Å². The van der Waals surface area contributed by atoms with Crippen molar-refractivity contribution >= 4 is 11.8 Å². The first kappa shape index (κ1) is 19.8. The molecule has 2 aliphatic heterocycles. The molecule has 2 fully saturated rings. The van der Waals surface area contributed by atoms with E-state index < -0.39 is 6.10 Å². The van der Waals surface area contributed by atoms with Crippen LogP contribution in [0.25, 0.3) is 0 Å². The molecule has 2 aliphatic rings. The monoisotopic (exact) mass is 380 g/mol. The van der Waals surface area contributed by atoms with Crippen molar-refractivity contribution < 1.29 is 14.6 Å². The lowest BCUT2D eigenvalue weighted by Gasteiger charge is -2.28. The number of piperidine rings is 1. The molecule has 6 heteroatoms. The lowest BCUT2D eigenvalue weighted by Crippen LogP contribution is -2.40. The fourth-order valence-corrected chi connectivity index (χ4v) is 4.60. The number of aliphatic hydroxyl groups excluding tert-OH is 1. The largest absolute Gasteiger partial charge is 0.493 e. The first-order chi connectivity index (χ1) is 12.7. The van der Waals surface area contributed by atoms with Gasteiger partial charge in [0.25, 0.3) is 0 Å². The second-order valence-corrected chi connectivity index (χ2v) is 8.42. The maximum absolute atomic E-state index is 10.3. The quantitative estimate of drug-likeness (QED) is 0.748. The summed E-state index contributed by atoms with van der Waals surface area (Å²) in [4.78, 5) is 4.81. The SMILES string of the molecule is COc1cc(CN2CCCCC2)ccc1OCC(O)CN1CCSCC1. The Balaban J connectivity index is 1.50. The second kappa shape index (κ2) is 10.4. The third-order valence-corrected chi connectivity index (χ3v) is 6.03. The predicted molar refractivity (Wildman–Crippen MR) is 107 cm³/mol. The molecular weight excluding hydrogens is 348 g/mol. The van der Waals surface area contributed by atoms with Crippen LogP contribution in [0.1, 0.15) is 24.8 Å². The van der Waals surface area contributed by atoms with Gasteiger partial charge in [0.15, 0.2) is 11.5 Å². The summed E-state index contributed by atoms with van der Waals surface area (Å²) in [5, 5.41) is 10.3. The molecule has 3 rings (SSSR count). The molecule has 0 amide bonds. The summed E-state index contributed by atoms with van der Waals surface area (Å²) in [6.45, 7) is 6.41. The number of hydrogen-bond acceptors (Lipinski definition) is 6. The number of methoxy groups -OCH3 is 1. The number of nitrogens with zero attached hydrogens (tertiary/aromatic N) is 2. The minimum Gasteiger partial charge on any atom is -0.493 e. The van der Waals surface area contributed by atoms with Crippen LogP contribution in [0.4, 0.5) is 0 Å². The minimum absolute atomic E-state index is 0.297. The third-order valence-electron chi connectivity index (χ3n) is 5.09. The summed E-state index contributed by atoms with van der Waals surface area (Å²) in [7, 11) is 1.68. The molecular formula is C20H32N2O3S. The van der Waals surface area contributed by atoms with Crippen molar-refractivity contribution in [1.82, 2.24) is 9.80 Å². The minimum atomic E-state index is -0.476. The average molecular weight is 381 g/mol. The number of aliphatic hydroxyl groups is 1. The van der Waals surface area contributed by atoms with E-state index in [0.717, 1.165) is 36.9 Å². The molecule has 0 saturated carbocycles. The summed E-state index contributed by atoms with van der Waals surface area (Å²) in [5.41, 5.74) is 1.25. The highest BCUT2D eigenvalue weighted by Crippen LogP contribution is 2.29. The summed E-state index contributed by atoms with van der Waals surface area (Å²) in [5.74, 6) is 3.77. The molecule has 1 aromatic carbocycles. The number of thioether (sulfide) groups is 1. The number of benzene rings is 1. The summed E-state index contributed by atoms with van der Waals surface area (Å²) in [6, 6.07) is 6.15. The molecule has 5 nitrogen and oxygen atoms in total. The number of ether oxygens (including phenoxy) is 2. The van der Waals surface area contributed by atoms with Gasteiger partial charge in [-0.3, -0.25) is 9.80 Å². The Bertz CT molecular complexity index is 546. The van der Waals surface area contributed by atoms with Gasteiger partial charge in [-0.2, -0.15) is 11.8 Å². The summed E-state index contributed by atoms with van der Waals surface area (Å²) in [6.07, 6.45) is 3.47. The standard InChI is InChI=1S/C20H32N2O3S/c1-24-20-13-17(14-21-7-3-2-4-8-21)5-6-19(20)25-16-18(23)15-22-9-11-26-12-10-22/h5-6,13,18,23H,2-4,7-12,14-16H2,1H3. The molecule has 1 atom stereocenters. The Labute approximate surface area is 161 Å². The van der Waals surface area contributed by atoms with Crippen LogP contribution in [-0.2, 0) is 6.54 Å². The van der Waals surface area contributed by atoms with Crippen LogP contribution in [-0.4, -0.2) is 79.0 Å². The molecule has 1 aromatic rings. The van der Waals surface area contributed by atoms with Crippen molar-refractivity contribution in [1.29, 1.82) is 0 Å². The Kier molecular flexibility index (Phi) is 7.92. The van der Waals surface area contributed by atoms with Crippen molar-refractivity contribution in [2.75, 3.05) is 57.9 Å². The van der Waals surface area contributed by atoms with Gasteiger partial charge < -0.3 is 14.6 Å². The second-order valence-electron chi connectivity index (χ2n) is 7.20. The molecule has 0 aliphatic carbocycles. The van der Waals surface area contributed by atoms with Crippen LogP contribution in [0.15, 0.2) is 18.2 Å². The van der Waals surface area contributed by atoms with Gasteiger partial charge in [0.2, 0.25) is 0 Å². The van der Waals surface area contributed by atoms with Crippen LogP contribution < -0.4 is 9.47 Å². The van der Waals surface area contributed by atoms with Crippen LogP contribution in [0.2, 0.25) is 0 Å². The molecule has 1 N–H and O–H groups in total. The van der Waals surface area contributed by atoms with Gasteiger partial charge in [-0.25, -0.2) is 0 Å². The Hall–Kier alpha value is -0.950. The van der Waals surface area contributed by atoms with Crippen molar-refractivity contribution in [3.63, 3.8) is 0 Å². The average Bonchev–Trinajstić information content (AvgIpc) is 2.68. The van der Waals surface area contributed by atoms with Crippen LogP contribution in [0.3, 0.4) is 0 Å².